The van der Waals surface area contributed by atoms with Crippen molar-refractivity contribution in [3.63, 3.8) is 0 Å². The Morgan fingerprint density at radius 2 is 1.45 bits per heavy atom. The SMILES string of the molecule is CCCCc1ccc(-c2ccc(OC(F)F)cc2)cc1. The van der Waals surface area contributed by atoms with E-state index < -0.39 is 6.61 Å². The van der Waals surface area contributed by atoms with Crippen LogP contribution in [0.25, 0.3) is 11.1 Å². The first-order chi connectivity index (χ1) is 9.69. The van der Waals surface area contributed by atoms with E-state index in [0.29, 0.717) is 0 Å². The lowest BCUT2D eigenvalue weighted by atomic mass is 10.0. The highest BCUT2D eigenvalue weighted by molar-refractivity contribution is 5.64. The number of halogens is 2. The summed E-state index contributed by atoms with van der Waals surface area (Å²) in [5, 5.41) is 0. The van der Waals surface area contributed by atoms with Gasteiger partial charge in [-0.15, -0.1) is 0 Å². The van der Waals surface area contributed by atoms with Crippen LogP contribution in [0.3, 0.4) is 0 Å². The number of unbranched alkanes of at least 4 members (excludes halogenated alkanes) is 1. The minimum Gasteiger partial charge on any atom is -0.435 e. The molecular formula is C17H18F2O. The average Bonchev–Trinajstić information content (AvgIpc) is 2.46. The monoisotopic (exact) mass is 276 g/mol. The van der Waals surface area contributed by atoms with E-state index in [1.165, 1.54) is 18.4 Å². The molecule has 0 atom stereocenters. The van der Waals surface area contributed by atoms with Crippen LogP contribution in [0.15, 0.2) is 48.5 Å². The molecule has 0 radical (unpaired) electrons. The second-order valence-electron chi connectivity index (χ2n) is 4.70. The Balaban J connectivity index is 2.07. The van der Waals surface area contributed by atoms with Crippen LogP contribution < -0.4 is 4.74 Å². The van der Waals surface area contributed by atoms with Gasteiger partial charge in [0.1, 0.15) is 5.75 Å². The molecule has 0 heterocycles. The molecule has 0 aliphatic heterocycles. The number of rotatable bonds is 6. The van der Waals surface area contributed by atoms with Crippen molar-refractivity contribution in [1.82, 2.24) is 0 Å². The molecule has 3 heteroatoms. The number of hydrogen-bond acceptors (Lipinski definition) is 1. The van der Waals surface area contributed by atoms with Gasteiger partial charge in [-0.2, -0.15) is 8.78 Å². The quantitative estimate of drug-likeness (QED) is 0.696. The summed E-state index contributed by atoms with van der Waals surface area (Å²) in [5.41, 5.74) is 3.40. The molecule has 2 aromatic carbocycles. The zero-order valence-corrected chi connectivity index (χ0v) is 11.5. The van der Waals surface area contributed by atoms with Crippen molar-refractivity contribution in [2.45, 2.75) is 32.8 Å². The fourth-order valence-electron chi connectivity index (χ4n) is 2.07. The molecule has 0 amide bonds. The molecule has 0 saturated carbocycles. The fraction of sp³-hybridized carbons (Fsp3) is 0.294. The van der Waals surface area contributed by atoms with Gasteiger partial charge in [-0.1, -0.05) is 49.7 Å². The zero-order chi connectivity index (χ0) is 14.4. The van der Waals surface area contributed by atoms with Crippen molar-refractivity contribution in [2.75, 3.05) is 0 Å². The maximum Gasteiger partial charge on any atom is 0.387 e. The molecule has 20 heavy (non-hydrogen) atoms. The van der Waals surface area contributed by atoms with Crippen molar-refractivity contribution in [3.8, 4) is 16.9 Å². The van der Waals surface area contributed by atoms with Crippen molar-refractivity contribution in [3.05, 3.63) is 54.1 Å². The molecule has 0 N–H and O–H groups in total. The van der Waals surface area contributed by atoms with E-state index in [1.807, 2.05) is 0 Å². The van der Waals surface area contributed by atoms with Crippen LogP contribution in [0.1, 0.15) is 25.3 Å². The molecule has 0 aliphatic rings. The first-order valence-corrected chi connectivity index (χ1v) is 6.83. The van der Waals surface area contributed by atoms with E-state index in [9.17, 15) is 8.78 Å². The van der Waals surface area contributed by atoms with Crippen LogP contribution in [0, 0.1) is 0 Å². The highest BCUT2D eigenvalue weighted by Crippen LogP contribution is 2.24. The molecule has 2 aromatic rings. The number of alkyl halides is 2. The van der Waals surface area contributed by atoms with Crippen LogP contribution in [0.5, 0.6) is 5.75 Å². The van der Waals surface area contributed by atoms with Gasteiger partial charge in [0.05, 0.1) is 0 Å². The third-order valence-electron chi connectivity index (χ3n) is 3.19. The minimum atomic E-state index is -2.78. The molecule has 0 aromatic heterocycles. The maximum atomic E-state index is 12.1. The van der Waals surface area contributed by atoms with Crippen molar-refractivity contribution in [1.29, 1.82) is 0 Å². The lowest BCUT2D eigenvalue weighted by molar-refractivity contribution is -0.0498. The smallest absolute Gasteiger partial charge is 0.387 e. The summed E-state index contributed by atoms with van der Waals surface area (Å²) >= 11 is 0. The minimum absolute atomic E-state index is 0.184. The second kappa shape index (κ2) is 7.04. The molecule has 0 bridgehead atoms. The van der Waals surface area contributed by atoms with Gasteiger partial charge >= 0.3 is 6.61 Å². The van der Waals surface area contributed by atoms with E-state index >= 15 is 0 Å². The number of hydrogen-bond donors (Lipinski definition) is 0. The summed E-state index contributed by atoms with van der Waals surface area (Å²) in [6, 6.07) is 15.1. The summed E-state index contributed by atoms with van der Waals surface area (Å²) in [4.78, 5) is 0. The Morgan fingerprint density at radius 1 is 0.900 bits per heavy atom. The van der Waals surface area contributed by atoms with Crippen LogP contribution in [-0.4, -0.2) is 6.61 Å². The third-order valence-corrected chi connectivity index (χ3v) is 3.19. The molecule has 0 saturated heterocycles. The van der Waals surface area contributed by atoms with Gasteiger partial charge in [0.25, 0.3) is 0 Å². The second-order valence-corrected chi connectivity index (χ2v) is 4.70. The lowest BCUT2D eigenvalue weighted by Gasteiger charge is -2.07. The average molecular weight is 276 g/mol. The highest BCUT2D eigenvalue weighted by atomic mass is 19.3. The van der Waals surface area contributed by atoms with Gasteiger partial charge in [-0.05, 0) is 41.7 Å². The molecule has 0 unspecified atom stereocenters. The Morgan fingerprint density at radius 3 is 1.95 bits per heavy atom. The molecule has 106 valence electrons. The zero-order valence-electron chi connectivity index (χ0n) is 11.5. The molecular weight excluding hydrogens is 258 g/mol. The summed E-state index contributed by atoms with van der Waals surface area (Å²) in [6.07, 6.45) is 3.48. The van der Waals surface area contributed by atoms with Gasteiger partial charge in [0, 0.05) is 0 Å². The maximum absolute atomic E-state index is 12.1. The molecule has 2 rings (SSSR count). The van der Waals surface area contributed by atoms with E-state index in [-0.39, 0.29) is 5.75 Å². The third kappa shape index (κ3) is 4.05. The van der Waals surface area contributed by atoms with Crippen LogP contribution in [-0.2, 0) is 6.42 Å². The number of ether oxygens (including phenoxy) is 1. The standard InChI is InChI=1S/C17H18F2O/c1-2-3-4-13-5-7-14(8-6-13)15-9-11-16(12-10-15)20-17(18)19/h5-12,17H,2-4H2,1H3. The Bertz CT molecular complexity index is 518. The summed E-state index contributed by atoms with van der Waals surface area (Å²) in [5.74, 6) is 0.184. The van der Waals surface area contributed by atoms with Crippen molar-refractivity contribution >= 4 is 0 Å². The Kier molecular flexibility index (Phi) is 5.10. The Hall–Kier alpha value is -1.90. The van der Waals surface area contributed by atoms with Crippen LogP contribution in [0.2, 0.25) is 0 Å². The fourth-order valence-corrected chi connectivity index (χ4v) is 2.07. The highest BCUT2D eigenvalue weighted by Gasteiger charge is 2.04. The van der Waals surface area contributed by atoms with Gasteiger partial charge in [0.15, 0.2) is 0 Å². The van der Waals surface area contributed by atoms with Crippen LogP contribution in [0.4, 0.5) is 8.78 Å². The van der Waals surface area contributed by atoms with Crippen molar-refractivity contribution < 1.29 is 13.5 Å². The molecule has 1 nitrogen and oxygen atoms in total. The van der Waals surface area contributed by atoms with Crippen molar-refractivity contribution in [2.24, 2.45) is 0 Å². The lowest BCUT2D eigenvalue weighted by Crippen LogP contribution is -2.01. The summed E-state index contributed by atoms with van der Waals surface area (Å²) < 4.78 is 28.5. The Labute approximate surface area is 118 Å². The van der Waals surface area contributed by atoms with E-state index in [4.69, 9.17) is 0 Å². The van der Waals surface area contributed by atoms with E-state index in [0.717, 1.165) is 17.5 Å². The van der Waals surface area contributed by atoms with E-state index in [2.05, 4.69) is 35.9 Å². The first kappa shape index (κ1) is 14.5. The molecule has 0 fully saturated rings. The summed E-state index contributed by atoms with van der Waals surface area (Å²) in [7, 11) is 0. The summed E-state index contributed by atoms with van der Waals surface area (Å²) in [6.45, 7) is -0.601. The van der Waals surface area contributed by atoms with E-state index in [1.54, 1.807) is 24.3 Å². The predicted molar refractivity (Wildman–Crippen MR) is 77.1 cm³/mol. The van der Waals surface area contributed by atoms with Gasteiger partial charge < -0.3 is 4.74 Å². The molecule has 0 spiro atoms. The predicted octanol–water partition coefficient (Wildman–Crippen LogP) is 5.30. The largest absolute Gasteiger partial charge is 0.435 e. The number of aryl methyl sites for hydroxylation is 1. The van der Waals surface area contributed by atoms with Gasteiger partial charge in [-0.3, -0.25) is 0 Å². The van der Waals surface area contributed by atoms with Gasteiger partial charge in [-0.25, -0.2) is 0 Å². The molecule has 0 aliphatic carbocycles. The first-order valence-electron chi connectivity index (χ1n) is 6.83. The number of benzene rings is 2. The van der Waals surface area contributed by atoms with Crippen LogP contribution >= 0.6 is 0 Å². The normalized spacial score (nSPS) is 10.8. The van der Waals surface area contributed by atoms with Gasteiger partial charge in [0.2, 0.25) is 0 Å². The topological polar surface area (TPSA) is 9.23 Å².